The SMILES string of the molecule is COc1ccc(S(=O)(=O)N(CC(=O)N(Cc2ccc(C)cc2)[C@H](Cc2ccccc2)C(=O)NC2CCCC2)c2cc(Cl)ccc2OC)cc1OC. The van der Waals surface area contributed by atoms with Gasteiger partial charge in [-0.1, -0.05) is 84.6 Å². The van der Waals surface area contributed by atoms with Gasteiger partial charge < -0.3 is 24.4 Å². The summed E-state index contributed by atoms with van der Waals surface area (Å²) in [7, 11) is -0.221. The van der Waals surface area contributed by atoms with Gasteiger partial charge in [0.1, 0.15) is 18.3 Å². The highest BCUT2D eigenvalue weighted by Crippen LogP contribution is 2.37. The van der Waals surface area contributed by atoms with Gasteiger partial charge in [0.2, 0.25) is 11.8 Å². The Morgan fingerprint density at radius 1 is 0.824 bits per heavy atom. The third kappa shape index (κ3) is 9.14. The lowest BCUT2D eigenvalue weighted by atomic mass is 10.0. The zero-order chi connectivity index (χ0) is 36.5. The highest BCUT2D eigenvalue weighted by molar-refractivity contribution is 7.92. The standard InChI is InChI=1S/C39H44ClN3O7S/c1-27-14-16-29(17-15-27)25-42(34(22-28-10-6-5-7-11-28)39(45)41-31-12-8-9-13-31)38(44)26-43(33-23-30(40)18-20-35(33)48-2)51(46,47)32-19-21-36(49-3)37(24-32)50-4/h5-7,10-11,14-21,23-24,31,34H,8-9,12-13,22,25-26H2,1-4H3,(H,41,45)/t34-/m1/s1. The predicted octanol–water partition coefficient (Wildman–Crippen LogP) is 6.57. The first kappa shape index (κ1) is 37.5. The zero-order valence-electron chi connectivity index (χ0n) is 29.3. The molecule has 0 saturated heterocycles. The third-order valence-corrected chi connectivity index (χ3v) is 11.1. The molecule has 2 amide bonds. The van der Waals surface area contributed by atoms with Crippen LogP contribution in [0.3, 0.4) is 0 Å². The maximum atomic E-state index is 14.9. The van der Waals surface area contributed by atoms with Gasteiger partial charge in [0.15, 0.2) is 11.5 Å². The van der Waals surface area contributed by atoms with Crippen molar-refractivity contribution < 1.29 is 32.2 Å². The van der Waals surface area contributed by atoms with Gasteiger partial charge in [0.05, 0.1) is 31.9 Å². The molecule has 0 unspecified atom stereocenters. The van der Waals surface area contributed by atoms with Crippen LogP contribution in [-0.4, -0.2) is 65.1 Å². The van der Waals surface area contributed by atoms with Crippen LogP contribution in [0.25, 0.3) is 0 Å². The second kappa shape index (κ2) is 17.0. The number of ether oxygens (including phenoxy) is 3. The summed E-state index contributed by atoms with van der Waals surface area (Å²) in [6, 6.07) is 25.0. The Morgan fingerprint density at radius 2 is 1.47 bits per heavy atom. The molecular weight excluding hydrogens is 690 g/mol. The number of rotatable bonds is 15. The number of hydrogen-bond acceptors (Lipinski definition) is 7. The molecule has 1 fully saturated rings. The Bertz CT molecular complexity index is 1920. The number of amides is 2. The molecule has 1 N–H and O–H groups in total. The van der Waals surface area contributed by atoms with Gasteiger partial charge in [-0.2, -0.15) is 0 Å². The van der Waals surface area contributed by atoms with Crippen molar-refractivity contribution in [2.24, 2.45) is 0 Å². The van der Waals surface area contributed by atoms with Crippen molar-refractivity contribution in [3.8, 4) is 17.2 Å². The van der Waals surface area contributed by atoms with Crippen LogP contribution in [0, 0.1) is 6.92 Å². The van der Waals surface area contributed by atoms with Crippen molar-refractivity contribution in [2.75, 3.05) is 32.2 Å². The molecular formula is C39H44ClN3O7S. The van der Waals surface area contributed by atoms with Crippen LogP contribution < -0.4 is 23.8 Å². The van der Waals surface area contributed by atoms with E-state index in [9.17, 15) is 18.0 Å². The molecule has 0 heterocycles. The minimum absolute atomic E-state index is 0.00440. The summed E-state index contributed by atoms with van der Waals surface area (Å²) in [5, 5.41) is 3.43. The van der Waals surface area contributed by atoms with E-state index < -0.39 is 28.5 Å². The van der Waals surface area contributed by atoms with Crippen molar-refractivity contribution in [3.05, 3.63) is 113 Å². The summed E-state index contributed by atoms with van der Waals surface area (Å²) in [5.41, 5.74) is 2.74. The van der Waals surface area contributed by atoms with E-state index in [1.807, 2.05) is 61.5 Å². The number of anilines is 1. The molecule has 51 heavy (non-hydrogen) atoms. The number of aryl methyl sites for hydroxylation is 1. The van der Waals surface area contributed by atoms with Crippen LogP contribution in [0.2, 0.25) is 5.02 Å². The number of carbonyl (C=O) groups excluding carboxylic acids is 2. The molecule has 4 aromatic carbocycles. The Kier molecular flexibility index (Phi) is 12.5. The second-order valence-corrected chi connectivity index (χ2v) is 14.8. The first-order valence-corrected chi connectivity index (χ1v) is 18.6. The van der Waals surface area contributed by atoms with Crippen LogP contribution in [0.1, 0.15) is 42.4 Å². The number of hydrogen-bond donors (Lipinski definition) is 1. The number of methoxy groups -OCH3 is 3. The fourth-order valence-electron chi connectivity index (χ4n) is 6.29. The van der Waals surface area contributed by atoms with E-state index >= 15 is 0 Å². The first-order chi connectivity index (χ1) is 24.5. The third-order valence-electron chi connectivity index (χ3n) is 9.08. The number of nitrogens with zero attached hydrogens (tertiary/aromatic N) is 2. The average Bonchev–Trinajstić information content (AvgIpc) is 3.65. The summed E-state index contributed by atoms with van der Waals surface area (Å²) in [6.07, 6.45) is 3.98. The molecule has 270 valence electrons. The molecule has 12 heteroatoms. The molecule has 1 aliphatic carbocycles. The maximum absolute atomic E-state index is 14.9. The fourth-order valence-corrected chi connectivity index (χ4v) is 7.89. The van der Waals surface area contributed by atoms with Crippen LogP contribution in [0.5, 0.6) is 17.2 Å². The Labute approximate surface area is 305 Å². The van der Waals surface area contributed by atoms with Crippen molar-refractivity contribution in [2.45, 2.75) is 62.6 Å². The van der Waals surface area contributed by atoms with E-state index in [0.29, 0.717) is 5.75 Å². The van der Waals surface area contributed by atoms with Crippen LogP contribution in [0.4, 0.5) is 5.69 Å². The van der Waals surface area contributed by atoms with Crippen molar-refractivity contribution in [3.63, 3.8) is 0 Å². The van der Waals surface area contributed by atoms with Crippen molar-refractivity contribution >= 4 is 39.1 Å². The molecule has 0 aliphatic heterocycles. The molecule has 0 aromatic heterocycles. The highest BCUT2D eigenvalue weighted by atomic mass is 35.5. The number of benzene rings is 4. The van der Waals surface area contributed by atoms with Gasteiger partial charge in [0.25, 0.3) is 10.0 Å². The molecule has 5 rings (SSSR count). The Morgan fingerprint density at radius 3 is 2.12 bits per heavy atom. The number of carbonyl (C=O) groups is 2. The molecule has 0 radical (unpaired) electrons. The molecule has 10 nitrogen and oxygen atoms in total. The van der Waals surface area contributed by atoms with Gasteiger partial charge in [-0.3, -0.25) is 13.9 Å². The van der Waals surface area contributed by atoms with Crippen LogP contribution in [-0.2, 0) is 32.6 Å². The van der Waals surface area contributed by atoms with E-state index in [1.165, 1.54) is 56.6 Å². The van der Waals surface area contributed by atoms with E-state index in [2.05, 4.69) is 5.32 Å². The fraction of sp³-hybridized carbons (Fsp3) is 0.333. The monoisotopic (exact) mass is 733 g/mol. The summed E-state index contributed by atoms with van der Waals surface area (Å²) in [4.78, 5) is 30.5. The Hall–Kier alpha value is -4.74. The molecule has 0 spiro atoms. The first-order valence-electron chi connectivity index (χ1n) is 16.8. The predicted molar refractivity (Wildman–Crippen MR) is 198 cm³/mol. The van der Waals surface area contributed by atoms with Gasteiger partial charge in [-0.15, -0.1) is 0 Å². The van der Waals surface area contributed by atoms with Crippen molar-refractivity contribution in [1.82, 2.24) is 10.2 Å². The van der Waals surface area contributed by atoms with E-state index in [0.717, 1.165) is 46.7 Å². The second-order valence-electron chi connectivity index (χ2n) is 12.5. The lowest BCUT2D eigenvalue weighted by Crippen LogP contribution is -2.54. The van der Waals surface area contributed by atoms with E-state index in [1.54, 1.807) is 6.07 Å². The lowest BCUT2D eigenvalue weighted by Gasteiger charge is -2.34. The van der Waals surface area contributed by atoms with Crippen LogP contribution in [0.15, 0.2) is 95.9 Å². The number of sulfonamides is 1. The van der Waals surface area contributed by atoms with Crippen molar-refractivity contribution in [1.29, 1.82) is 0 Å². The minimum atomic E-state index is -4.48. The van der Waals surface area contributed by atoms with Gasteiger partial charge in [-0.25, -0.2) is 8.42 Å². The number of nitrogens with one attached hydrogen (secondary N) is 1. The lowest BCUT2D eigenvalue weighted by molar-refractivity contribution is -0.140. The summed E-state index contributed by atoms with van der Waals surface area (Å²) in [6.45, 7) is 1.36. The zero-order valence-corrected chi connectivity index (χ0v) is 30.9. The summed E-state index contributed by atoms with van der Waals surface area (Å²) in [5.74, 6) is -0.178. The van der Waals surface area contributed by atoms with Gasteiger partial charge in [0, 0.05) is 30.1 Å². The molecule has 1 saturated carbocycles. The molecule has 0 bridgehead atoms. The van der Waals surface area contributed by atoms with Gasteiger partial charge in [-0.05, 0) is 61.2 Å². The topological polar surface area (TPSA) is 114 Å². The van der Waals surface area contributed by atoms with E-state index in [-0.39, 0.29) is 52.0 Å². The quantitative estimate of drug-likeness (QED) is 0.147. The normalized spacial score (nSPS) is 13.7. The maximum Gasteiger partial charge on any atom is 0.265 e. The summed E-state index contributed by atoms with van der Waals surface area (Å²) < 4.78 is 46.6. The summed E-state index contributed by atoms with van der Waals surface area (Å²) >= 11 is 6.42. The van der Waals surface area contributed by atoms with Gasteiger partial charge >= 0.3 is 0 Å². The smallest absolute Gasteiger partial charge is 0.265 e. The average molecular weight is 734 g/mol. The molecule has 1 aliphatic rings. The van der Waals surface area contributed by atoms with Crippen LogP contribution >= 0.6 is 11.6 Å². The molecule has 1 atom stereocenters. The largest absolute Gasteiger partial charge is 0.495 e. The number of halogens is 1. The Balaban J connectivity index is 1.62. The van der Waals surface area contributed by atoms with E-state index in [4.69, 9.17) is 25.8 Å². The molecule has 4 aromatic rings. The minimum Gasteiger partial charge on any atom is -0.495 e. The highest BCUT2D eigenvalue weighted by Gasteiger charge is 2.37.